The van der Waals surface area contributed by atoms with E-state index in [1.54, 1.807) is 0 Å². The van der Waals surface area contributed by atoms with E-state index >= 15 is 0 Å². The minimum atomic E-state index is -0.556. The first-order valence-corrected chi connectivity index (χ1v) is 8.73. The van der Waals surface area contributed by atoms with Crippen molar-refractivity contribution < 1.29 is 17.0 Å². The molecule has 0 radical (unpaired) electrons. The number of hydrogen-bond donors (Lipinski definition) is 1. The van der Waals surface area contributed by atoms with Crippen LogP contribution in [0.1, 0.15) is 40.0 Å². The summed E-state index contributed by atoms with van der Waals surface area (Å²) in [5.41, 5.74) is 1.68. The van der Waals surface area contributed by atoms with Crippen molar-refractivity contribution in [3.05, 3.63) is 11.8 Å². The second-order valence-corrected chi connectivity index (χ2v) is 6.65. The van der Waals surface area contributed by atoms with Crippen molar-refractivity contribution in [2.75, 3.05) is 0 Å². The summed E-state index contributed by atoms with van der Waals surface area (Å²) in [7, 11) is 9.78. The Morgan fingerprint density at radius 1 is 1.38 bits per heavy atom. The molecule has 0 saturated heterocycles. The summed E-state index contributed by atoms with van der Waals surface area (Å²) in [4.78, 5) is 0. The third-order valence-electron chi connectivity index (χ3n) is 1.58. The Kier molecular flexibility index (Phi) is 7.63. The molecule has 0 saturated carbocycles. The van der Waals surface area contributed by atoms with Gasteiger partial charge in [0, 0.05) is 11.2 Å². The van der Waals surface area contributed by atoms with Crippen molar-refractivity contribution in [3.63, 3.8) is 0 Å². The van der Waals surface area contributed by atoms with Gasteiger partial charge in [-0.2, -0.15) is 0 Å². The summed E-state index contributed by atoms with van der Waals surface area (Å²) in [6, 6.07) is 0. The Hall–Kier alpha value is 0.834. The van der Waals surface area contributed by atoms with Gasteiger partial charge in [-0.25, -0.2) is 0 Å². The molecule has 0 heterocycles. The van der Waals surface area contributed by atoms with Crippen LogP contribution in [0, 0.1) is 0 Å². The Bertz CT molecular complexity index is 163. The molecule has 0 aromatic rings. The first kappa shape index (κ1) is 13.8. The van der Waals surface area contributed by atoms with Crippen LogP contribution in [0.25, 0.3) is 0 Å². The maximum absolute atomic E-state index is 4.89. The van der Waals surface area contributed by atoms with Crippen LogP contribution in [0.15, 0.2) is 11.8 Å². The van der Waals surface area contributed by atoms with Gasteiger partial charge in [-0.3, -0.25) is 0 Å². The van der Waals surface area contributed by atoms with Gasteiger partial charge in [0.2, 0.25) is 0 Å². The first-order chi connectivity index (χ1) is 5.99. The molecule has 0 fully saturated rings. The van der Waals surface area contributed by atoms with Crippen molar-refractivity contribution in [1.29, 1.82) is 0 Å². The molecule has 76 valence electrons. The third kappa shape index (κ3) is 9.15. The van der Waals surface area contributed by atoms with Crippen LogP contribution in [0.3, 0.4) is 0 Å². The molecule has 13 heavy (non-hydrogen) atoms. The molecule has 0 atom stereocenters. The summed E-state index contributed by atoms with van der Waals surface area (Å²) < 4.78 is 0. The molecule has 0 aromatic carbocycles. The fraction of sp³-hybridized carbons (Fsp3) is 0.778. The van der Waals surface area contributed by atoms with E-state index < -0.39 is 17.0 Å². The molecular formula is C9H17Cl2NTi. The second-order valence-electron chi connectivity index (χ2n) is 4.07. The van der Waals surface area contributed by atoms with Crippen molar-refractivity contribution in [2.45, 2.75) is 45.6 Å². The van der Waals surface area contributed by atoms with Gasteiger partial charge < -0.3 is 5.32 Å². The van der Waals surface area contributed by atoms with E-state index in [9.17, 15) is 0 Å². The Morgan fingerprint density at radius 2 is 1.92 bits per heavy atom. The van der Waals surface area contributed by atoms with Crippen molar-refractivity contribution in [2.24, 2.45) is 0 Å². The molecule has 0 unspecified atom stereocenters. The van der Waals surface area contributed by atoms with Gasteiger partial charge in [0.1, 0.15) is 0 Å². The van der Waals surface area contributed by atoms with E-state index in [1.165, 1.54) is 25.0 Å². The van der Waals surface area contributed by atoms with E-state index in [4.69, 9.17) is 18.6 Å². The fourth-order valence-electron chi connectivity index (χ4n) is 1.27. The van der Waals surface area contributed by atoms with E-state index in [1.807, 2.05) is 0 Å². The molecule has 1 aliphatic carbocycles. The zero-order valence-electron chi connectivity index (χ0n) is 8.45. The van der Waals surface area contributed by atoms with Gasteiger partial charge in [0.25, 0.3) is 0 Å². The van der Waals surface area contributed by atoms with Gasteiger partial charge in [0.15, 0.2) is 0 Å². The maximum atomic E-state index is 4.89. The summed E-state index contributed by atoms with van der Waals surface area (Å²) >= 11 is -0.556. The molecule has 1 nitrogen and oxygen atoms in total. The molecule has 0 amide bonds. The van der Waals surface area contributed by atoms with Gasteiger partial charge in [-0.15, -0.1) is 0 Å². The Morgan fingerprint density at radius 3 is 2.23 bits per heavy atom. The predicted octanol–water partition coefficient (Wildman–Crippen LogP) is 3.82. The summed E-state index contributed by atoms with van der Waals surface area (Å²) in [5.74, 6) is 0. The van der Waals surface area contributed by atoms with Crippen molar-refractivity contribution >= 4 is 18.6 Å². The molecule has 0 aromatic heterocycles. The first-order valence-electron chi connectivity index (χ1n) is 4.43. The fourth-order valence-corrected chi connectivity index (χ4v) is 1.27. The van der Waals surface area contributed by atoms with Gasteiger partial charge in [-0.05, 0) is 40.0 Å². The summed E-state index contributed by atoms with van der Waals surface area (Å²) in [5, 5.41) is 3.48. The molecule has 1 aliphatic rings. The molecule has 0 spiro atoms. The molecule has 4 heteroatoms. The van der Waals surface area contributed by atoms with E-state index in [2.05, 4.69) is 32.2 Å². The second kappa shape index (κ2) is 7.17. The number of rotatable bonds is 1. The third-order valence-corrected chi connectivity index (χ3v) is 1.58. The quantitative estimate of drug-likeness (QED) is 0.705. The topological polar surface area (TPSA) is 12.0 Å². The van der Waals surface area contributed by atoms with Gasteiger partial charge in [-0.1, -0.05) is 6.08 Å². The standard InChI is InChI=1S/C9H17N.2ClH.Ti/c1-9(2,3)10-8-6-4-5-7-8;;;/h6,10H,4-5,7H2,1-3H3;2*1H;/q;;;+2/p-2. The molecule has 1 N–H and O–H groups in total. The molecule has 0 aliphatic heterocycles. The van der Waals surface area contributed by atoms with Crippen molar-refractivity contribution in [3.8, 4) is 0 Å². The van der Waals surface area contributed by atoms with Crippen LogP contribution in [0.2, 0.25) is 0 Å². The van der Waals surface area contributed by atoms with Crippen LogP contribution in [0.4, 0.5) is 0 Å². The van der Waals surface area contributed by atoms with Gasteiger partial charge >= 0.3 is 35.6 Å². The normalized spacial score (nSPS) is 15.6. The van der Waals surface area contributed by atoms with Crippen LogP contribution < -0.4 is 5.32 Å². The van der Waals surface area contributed by atoms with E-state index in [-0.39, 0.29) is 5.54 Å². The Balaban J connectivity index is 0.000000424. The number of nitrogens with one attached hydrogen (secondary N) is 1. The molecule has 1 rings (SSSR count). The number of allylic oxidation sites excluding steroid dienone is 2. The molecule has 0 bridgehead atoms. The van der Waals surface area contributed by atoms with Gasteiger partial charge in [0.05, 0.1) is 0 Å². The summed E-state index contributed by atoms with van der Waals surface area (Å²) in [6.45, 7) is 6.60. The van der Waals surface area contributed by atoms with Crippen LogP contribution >= 0.6 is 18.6 Å². The van der Waals surface area contributed by atoms with Crippen LogP contribution in [-0.2, 0) is 17.0 Å². The minimum absolute atomic E-state index is 0.246. The van der Waals surface area contributed by atoms with Crippen LogP contribution in [0.5, 0.6) is 0 Å². The summed E-state index contributed by atoms with van der Waals surface area (Å²) in [6.07, 6.45) is 6.15. The van der Waals surface area contributed by atoms with E-state index in [0.29, 0.717) is 0 Å². The number of hydrogen-bond acceptors (Lipinski definition) is 1. The van der Waals surface area contributed by atoms with Crippen LogP contribution in [-0.4, -0.2) is 5.54 Å². The monoisotopic (exact) mass is 257 g/mol. The Labute approximate surface area is 97.9 Å². The average Bonchev–Trinajstić information content (AvgIpc) is 2.37. The average molecular weight is 258 g/mol. The van der Waals surface area contributed by atoms with Crippen molar-refractivity contribution in [1.82, 2.24) is 5.32 Å². The SMILES string of the molecule is CC(C)(C)NC1=CCCC1.[Cl][Ti][Cl]. The number of halogens is 2. The molecular weight excluding hydrogens is 241 g/mol. The predicted molar refractivity (Wildman–Crippen MR) is 56.5 cm³/mol. The van der Waals surface area contributed by atoms with E-state index in [0.717, 1.165) is 0 Å². The zero-order valence-corrected chi connectivity index (χ0v) is 11.5. The zero-order chi connectivity index (χ0) is 10.3.